The monoisotopic (exact) mass is 284 g/mol. The van der Waals surface area contributed by atoms with Gasteiger partial charge in [0.15, 0.2) is 0 Å². The van der Waals surface area contributed by atoms with E-state index in [9.17, 15) is 4.79 Å². The zero-order valence-corrected chi connectivity index (χ0v) is 10.3. The quantitative estimate of drug-likeness (QED) is 0.934. The van der Waals surface area contributed by atoms with Crippen molar-refractivity contribution in [1.29, 1.82) is 0 Å². The molecule has 1 aromatic heterocycles. The molecule has 2 rings (SSSR count). The van der Waals surface area contributed by atoms with Crippen molar-refractivity contribution in [1.82, 2.24) is 0 Å². The van der Waals surface area contributed by atoms with E-state index in [4.69, 9.17) is 5.11 Å². The zero-order valence-electron chi connectivity index (χ0n) is 7.87. The van der Waals surface area contributed by atoms with Crippen LogP contribution in [-0.4, -0.2) is 11.1 Å². The lowest BCUT2D eigenvalue weighted by molar-refractivity contribution is -0.136. The first-order chi connectivity index (χ1) is 7.18. The Morgan fingerprint density at radius 3 is 2.87 bits per heavy atom. The summed E-state index contributed by atoms with van der Waals surface area (Å²) in [5, 5.41) is 9.83. The number of carboxylic acid groups (broad SMARTS) is 1. The van der Waals surface area contributed by atoms with Gasteiger partial charge in [-0.05, 0) is 39.4 Å². The fraction of sp³-hybridized carbons (Fsp3) is 0.182. The number of carboxylic acids is 1. The highest BCUT2D eigenvalue weighted by atomic mass is 79.9. The molecule has 0 atom stereocenters. The van der Waals surface area contributed by atoms with Crippen molar-refractivity contribution in [3.63, 3.8) is 0 Å². The van der Waals surface area contributed by atoms with Gasteiger partial charge in [0.25, 0.3) is 0 Å². The largest absolute Gasteiger partial charge is 0.481 e. The molecular formula is C11H9BrO2S. The van der Waals surface area contributed by atoms with E-state index < -0.39 is 5.97 Å². The topological polar surface area (TPSA) is 37.3 Å². The van der Waals surface area contributed by atoms with Crippen LogP contribution < -0.4 is 0 Å². The second-order valence-electron chi connectivity index (χ2n) is 3.24. The highest BCUT2D eigenvalue weighted by Crippen LogP contribution is 2.35. The summed E-state index contributed by atoms with van der Waals surface area (Å²) >= 11 is 5.14. The molecule has 0 aliphatic heterocycles. The third kappa shape index (κ3) is 2.21. The molecule has 1 aromatic carbocycles. The molecule has 0 radical (unpaired) electrons. The van der Waals surface area contributed by atoms with Crippen molar-refractivity contribution in [3.8, 4) is 0 Å². The lowest BCUT2D eigenvalue weighted by Gasteiger charge is -1.97. The lowest BCUT2D eigenvalue weighted by Crippen LogP contribution is -1.97. The second-order valence-corrected chi connectivity index (χ2v) is 5.61. The molecule has 0 aliphatic rings. The van der Waals surface area contributed by atoms with E-state index in [0.29, 0.717) is 6.42 Å². The minimum atomic E-state index is -0.753. The Bertz CT molecular complexity index is 504. The van der Waals surface area contributed by atoms with E-state index >= 15 is 0 Å². The van der Waals surface area contributed by atoms with Crippen molar-refractivity contribution in [3.05, 3.63) is 33.6 Å². The Kier molecular flexibility index (Phi) is 3.07. The van der Waals surface area contributed by atoms with E-state index in [1.165, 1.54) is 4.70 Å². The Hall–Kier alpha value is -0.870. The van der Waals surface area contributed by atoms with Gasteiger partial charge in [-0.3, -0.25) is 4.79 Å². The van der Waals surface area contributed by atoms with Crippen LogP contribution in [0.25, 0.3) is 10.1 Å². The van der Waals surface area contributed by atoms with Gasteiger partial charge in [-0.25, -0.2) is 0 Å². The molecule has 0 saturated heterocycles. The lowest BCUT2D eigenvalue weighted by atomic mass is 10.1. The average molecular weight is 285 g/mol. The summed E-state index contributed by atoms with van der Waals surface area (Å²) in [6, 6.07) is 8.06. The van der Waals surface area contributed by atoms with Crippen molar-refractivity contribution in [2.45, 2.75) is 12.8 Å². The molecule has 15 heavy (non-hydrogen) atoms. The fourth-order valence-electron chi connectivity index (χ4n) is 1.53. The Morgan fingerprint density at radius 2 is 2.13 bits per heavy atom. The number of carbonyl (C=O) groups is 1. The van der Waals surface area contributed by atoms with E-state index in [1.807, 2.05) is 18.2 Å². The summed E-state index contributed by atoms with van der Waals surface area (Å²) < 4.78 is 2.25. The summed E-state index contributed by atoms with van der Waals surface area (Å²) in [6.07, 6.45) is 0.763. The summed E-state index contributed by atoms with van der Waals surface area (Å²) in [7, 11) is 0. The molecule has 0 unspecified atom stereocenters. The van der Waals surface area contributed by atoms with Gasteiger partial charge >= 0.3 is 5.97 Å². The Morgan fingerprint density at radius 1 is 1.40 bits per heavy atom. The molecule has 78 valence electrons. The molecule has 0 spiro atoms. The number of thiophene rings is 1. The van der Waals surface area contributed by atoms with Gasteiger partial charge in [0.05, 0.1) is 3.79 Å². The number of hydrogen-bond acceptors (Lipinski definition) is 2. The molecule has 2 aromatic rings. The van der Waals surface area contributed by atoms with Crippen molar-refractivity contribution < 1.29 is 9.90 Å². The first-order valence-corrected chi connectivity index (χ1v) is 6.17. The standard InChI is InChI=1S/C11H9BrO2S/c12-11-8(5-6-10(13)14)7-3-1-2-4-9(7)15-11/h1-4H,5-6H2,(H,13,14). The predicted molar refractivity (Wildman–Crippen MR) is 65.5 cm³/mol. The zero-order chi connectivity index (χ0) is 10.8. The number of benzene rings is 1. The van der Waals surface area contributed by atoms with Crippen molar-refractivity contribution in [2.24, 2.45) is 0 Å². The highest BCUT2D eigenvalue weighted by Gasteiger charge is 2.10. The van der Waals surface area contributed by atoms with Crippen LogP contribution in [0.1, 0.15) is 12.0 Å². The minimum absolute atomic E-state index is 0.180. The van der Waals surface area contributed by atoms with Crippen LogP contribution in [0.4, 0.5) is 0 Å². The molecule has 0 aliphatic carbocycles. The summed E-state index contributed by atoms with van der Waals surface area (Å²) in [5.41, 5.74) is 1.11. The molecule has 0 fully saturated rings. The van der Waals surface area contributed by atoms with Gasteiger partial charge < -0.3 is 5.11 Å². The van der Waals surface area contributed by atoms with Crippen LogP contribution in [0, 0.1) is 0 Å². The Balaban J connectivity index is 2.40. The van der Waals surface area contributed by atoms with E-state index in [0.717, 1.165) is 14.7 Å². The number of fused-ring (bicyclic) bond motifs is 1. The van der Waals surface area contributed by atoms with Gasteiger partial charge in [0.2, 0.25) is 0 Å². The Labute approximate surface area is 99.7 Å². The number of hydrogen-bond donors (Lipinski definition) is 1. The van der Waals surface area contributed by atoms with Crippen LogP contribution in [0.3, 0.4) is 0 Å². The number of aryl methyl sites for hydroxylation is 1. The average Bonchev–Trinajstić information content (AvgIpc) is 2.50. The van der Waals surface area contributed by atoms with Crippen LogP contribution in [-0.2, 0) is 11.2 Å². The maximum Gasteiger partial charge on any atom is 0.303 e. The maximum absolute atomic E-state index is 10.5. The van der Waals surface area contributed by atoms with Crippen LogP contribution in [0.5, 0.6) is 0 Å². The van der Waals surface area contributed by atoms with Gasteiger partial charge in [0, 0.05) is 11.1 Å². The van der Waals surface area contributed by atoms with Crippen LogP contribution in [0.2, 0.25) is 0 Å². The van der Waals surface area contributed by atoms with E-state index in [2.05, 4.69) is 22.0 Å². The van der Waals surface area contributed by atoms with Crippen molar-refractivity contribution >= 4 is 43.3 Å². The molecular weight excluding hydrogens is 276 g/mol. The predicted octanol–water partition coefficient (Wildman–Crippen LogP) is 3.68. The second kappa shape index (κ2) is 4.33. The number of aliphatic carboxylic acids is 1. The molecule has 0 amide bonds. The first kappa shape index (κ1) is 10.6. The van der Waals surface area contributed by atoms with E-state index in [-0.39, 0.29) is 6.42 Å². The molecule has 0 bridgehead atoms. The SMILES string of the molecule is O=C(O)CCc1c(Br)sc2ccccc12. The van der Waals surface area contributed by atoms with Gasteiger partial charge in [-0.1, -0.05) is 18.2 Å². The minimum Gasteiger partial charge on any atom is -0.481 e. The van der Waals surface area contributed by atoms with E-state index in [1.54, 1.807) is 11.3 Å². The van der Waals surface area contributed by atoms with Crippen LogP contribution in [0.15, 0.2) is 28.1 Å². The normalized spacial score (nSPS) is 10.7. The van der Waals surface area contributed by atoms with Crippen LogP contribution >= 0.6 is 27.3 Å². The van der Waals surface area contributed by atoms with Gasteiger partial charge in [-0.2, -0.15) is 0 Å². The third-order valence-corrected chi connectivity index (χ3v) is 4.20. The summed E-state index contributed by atoms with van der Waals surface area (Å²) in [4.78, 5) is 10.5. The number of rotatable bonds is 3. The smallest absolute Gasteiger partial charge is 0.303 e. The van der Waals surface area contributed by atoms with Gasteiger partial charge in [-0.15, -0.1) is 11.3 Å². The van der Waals surface area contributed by atoms with Gasteiger partial charge in [0.1, 0.15) is 0 Å². The molecule has 4 heteroatoms. The molecule has 1 heterocycles. The molecule has 1 N–H and O–H groups in total. The third-order valence-electron chi connectivity index (χ3n) is 2.24. The fourth-order valence-corrected chi connectivity index (χ4v) is 3.44. The first-order valence-electron chi connectivity index (χ1n) is 4.56. The highest BCUT2D eigenvalue weighted by molar-refractivity contribution is 9.11. The molecule has 2 nitrogen and oxygen atoms in total. The summed E-state index contributed by atoms with van der Waals surface area (Å²) in [6.45, 7) is 0. The maximum atomic E-state index is 10.5. The summed E-state index contributed by atoms with van der Waals surface area (Å²) in [5.74, 6) is -0.753. The number of halogens is 1. The van der Waals surface area contributed by atoms with Crippen molar-refractivity contribution in [2.75, 3.05) is 0 Å². The molecule has 0 saturated carbocycles.